The Morgan fingerprint density at radius 1 is 1.56 bits per heavy atom. The quantitative estimate of drug-likeness (QED) is 0.683. The van der Waals surface area contributed by atoms with Crippen molar-refractivity contribution in [1.29, 1.82) is 0 Å². The number of aromatic nitrogens is 2. The smallest absolute Gasteiger partial charge is 0.150 e. The number of anilines is 2. The van der Waals surface area contributed by atoms with Crippen LogP contribution in [0.5, 0.6) is 0 Å². The molecule has 1 atom stereocenters. The number of hydrogen-bond donors (Lipinski definition) is 3. The van der Waals surface area contributed by atoms with Gasteiger partial charge in [0.25, 0.3) is 0 Å². The van der Waals surface area contributed by atoms with E-state index in [1.165, 1.54) is 19.2 Å². The number of aliphatic hydroxyl groups is 1. The van der Waals surface area contributed by atoms with Crippen molar-refractivity contribution in [2.75, 3.05) is 30.8 Å². The second kappa shape index (κ2) is 6.17. The van der Waals surface area contributed by atoms with E-state index in [1.807, 2.05) is 0 Å². The van der Waals surface area contributed by atoms with E-state index in [0.29, 0.717) is 24.9 Å². The minimum atomic E-state index is -0.601. The molecule has 1 aromatic rings. The Kier molecular flexibility index (Phi) is 4.57. The summed E-state index contributed by atoms with van der Waals surface area (Å²) in [5.41, 5.74) is 5.54. The monoisotopic (exact) mass is 272 g/mol. The number of nitrogen functional groups attached to an aromatic ring is 1. The third-order valence-corrected chi connectivity index (χ3v) is 3.05. The van der Waals surface area contributed by atoms with Gasteiger partial charge in [0.05, 0.1) is 12.7 Å². The van der Waals surface area contributed by atoms with Crippen LogP contribution in [0.1, 0.15) is 12.8 Å². The standard InChI is InChI=1S/C11H17ClN4O2/c12-9-10(13)15-6-16-11(9)14-3-8(17)5-18-4-7-1-2-7/h6-8,17H,1-5H2,(H3,13,14,15,16). The lowest BCUT2D eigenvalue weighted by atomic mass is 10.3. The van der Waals surface area contributed by atoms with E-state index in [9.17, 15) is 5.11 Å². The van der Waals surface area contributed by atoms with E-state index in [-0.39, 0.29) is 10.8 Å². The fraction of sp³-hybridized carbons (Fsp3) is 0.636. The van der Waals surface area contributed by atoms with Gasteiger partial charge in [0.15, 0.2) is 5.82 Å². The number of nitrogens with one attached hydrogen (secondary N) is 1. The number of nitrogens with two attached hydrogens (primary N) is 1. The lowest BCUT2D eigenvalue weighted by Crippen LogP contribution is -2.25. The van der Waals surface area contributed by atoms with E-state index in [2.05, 4.69) is 15.3 Å². The van der Waals surface area contributed by atoms with Crippen LogP contribution in [0.2, 0.25) is 5.02 Å². The molecule has 1 saturated carbocycles. The second-order valence-corrected chi connectivity index (χ2v) is 4.82. The van der Waals surface area contributed by atoms with Crippen LogP contribution in [0.15, 0.2) is 6.33 Å². The van der Waals surface area contributed by atoms with Crippen molar-refractivity contribution in [3.8, 4) is 0 Å². The lowest BCUT2D eigenvalue weighted by molar-refractivity contribution is 0.0386. The molecule has 18 heavy (non-hydrogen) atoms. The van der Waals surface area contributed by atoms with Crippen LogP contribution in [0.25, 0.3) is 0 Å². The largest absolute Gasteiger partial charge is 0.389 e. The molecule has 0 aliphatic heterocycles. The number of halogens is 1. The highest BCUT2D eigenvalue weighted by Gasteiger charge is 2.21. The minimum Gasteiger partial charge on any atom is -0.389 e. The molecule has 0 radical (unpaired) electrons. The van der Waals surface area contributed by atoms with Gasteiger partial charge in [-0.05, 0) is 18.8 Å². The fourth-order valence-electron chi connectivity index (χ4n) is 1.44. The zero-order chi connectivity index (χ0) is 13.0. The molecular formula is C11H17ClN4O2. The molecule has 1 aliphatic carbocycles. The summed E-state index contributed by atoms with van der Waals surface area (Å²) >= 11 is 5.91. The molecule has 0 amide bonds. The van der Waals surface area contributed by atoms with Gasteiger partial charge in [-0.25, -0.2) is 9.97 Å². The summed E-state index contributed by atoms with van der Waals surface area (Å²) in [5, 5.41) is 12.9. The number of rotatable bonds is 7. The first-order valence-corrected chi connectivity index (χ1v) is 6.30. The van der Waals surface area contributed by atoms with Gasteiger partial charge in [0.1, 0.15) is 17.2 Å². The molecule has 7 heteroatoms. The molecule has 6 nitrogen and oxygen atoms in total. The van der Waals surface area contributed by atoms with Crippen molar-refractivity contribution in [3.63, 3.8) is 0 Å². The van der Waals surface area contributed by atoms with Crippen LogP contribution < -0.4 is 11.1 Å². The van der Waals surface area contributed by atoms with Gasteiger partial charge < -0.3 is 20.9 Å². The molecule has 1 aliphatic rings. The molecular weight excluding hydrogens is 256 g/mol. The van der Waals surface area contributed by atoms with Crippen LogP contribution in [0.3, 0.4) is 0 Å². The van der Waals surface area contributed by atoms with Gasteiger partial charge in [-0.3, -0.25) is 0 Å². The molecule has 0 saturated heterocycles. The number of aliphatic hydroxyl groups excluding tert-OH is 1. The lowest BCUT2D eigenvalue weighted by Gasteiger charge is -2.13. The summed E-state index contributed by atoms with van der Waals surface area (Å²) < 4.78 is 5.38. The highest BCUT2D eigenvalue weighted by Crippen LogP contribution is 2.28. The summed E-state index contributed by atoms with van der Waals surface area (Å²) in [5.74, 6) is 1.33. The topological polar surface area (TPSA) is 93.3 Å². The predicted octanol–water partition coefficient (Wildman–Crippen LogP) is 0.912. The van der Waals surface area contributed by atoms with E-state index in [0.717, 1.165) is 6.61 Å². The van der Waals surface area contributed by atoms with Gasteiger partial charge in [-0.2, -0.15) is 0 Å². The van der Waals surface area contributed by atoms with Crippen molar-refractivity contribution in [3.05, 3.63) is 11.3 Å². The van der Waals surface area contributed by atoms with Crippen LogP contribution in [-0.2, 0) is 4.74 Å². The average Bonchev–Trinajstić information content (AvgIpc) is 3.15. The third kappa shape index (κ3) is 3.97. The highest BCUT2D eigenvalue weighted by atomic mass is 35.5. The molecule has 1 aromatic heterocycles. The molecule has 0 spiro atoms. The molecule has 0 aromatic carbocycles. The van der Waals surface area contributed by atoms with E-state index in [1.54, 1.807) is 0 Å². The van der Waals surface area contributed by atoms with Crippen LogP contribution in [-0.4, -0.2) is 40.9 Å². The maximum absolute atomic E-state index is 9.70. The molecule has 0 bridgehead atoms. The molecule has 100 valence electrons. The number of hydrogen-bond acceptors (Lipinski definition) is 6. The molecule has 1 fully saturated rings. The predicted molar refractivity (Wildman–Crippen MR) is 69.5 cm³/mol. The van der Waals surface area contributed by atoms with Crippen LogP contribution in [0.4, 0.5) is 11.6 Å². The first-order chi connectivity index (χ1) is 8.66. The highest BCUT2D eigenvalue weighted by molar-refractivity contribution is 6.35. The number of nitrogens with zero attached hydrogens (tertiary/aromatic N) is 2. The first-order valence-electron chi connectivity index (χ1n) is 5.92. The Morgan fingerprint density at radius 2 is 2.33 bits per heavy atom. The maximum Gasteiger partial charge on any atom is 0.150 e. The van der Waals surface area contributed by atoms with Crippen LogP contribution >= 0.6 is 11.6 Å². The summed E-state index contributed by atoms with van der Waals surface area (Å²) in [4.78, 5) is 7.69. The Morgan fingerprint density at radius 3 is 3.06 bits per heavy atom. The SMILES string of the molecule is Nc1ncnc(NCC(O)COCC2CC2)c1Cl. The van der Waals surface area contributed by atoms with Gasteiger partial charge in [0.2, 0.25) is 0 Å². The molecule has 2 rings (SSSR count). The normalized spacial score (nSPS) is 16.6. The van der Waals surface area contributed by atoms with Gasteiger partial charge >= 0.3 is 0 Å². The van der Waals surface area contributed by atoms with Crippen molar-refractivity contribution in [2.24, 2.45) is 5.92 Å². The van der Waals surface area contributed by atoms with E-state index in [4.69, 9.17) is 22.1 Å². The van der Waals surface area contributed by atoms with Gasteiger partial charge in [0, 0.05) is 13.2 Å². The number of ether oxygens (including phenoxy) is 1. The zero-order valence-corrected chi connectivity index (χ0v) is 10.7. The van der Waals surface area contributed by atoms with Gasteiger partial charge in [-0.15, -0.1) is 0 Å². The molecule has 1 unspecified atom stereocenters. The fourth-order valence-corrected chi connectivity index (χ4v) is 1.60. The zero-order valence-electron chi connectivity index (χ0n) is 9.97. The summed E-state index contributed by atoms with van der Waals surface area (Å²) in [7, 11) is 0. The van der Waals surface area contributed by atoms with Crippen molar-refractivity contribution >= 4 is 23.2 Å². The Hall–Kier alpha value is -1.11. The van der Waals surface area contributed by atoms with Crippen molar-refractivity contribution in [1.82, 2.24) is 9.97 Å². The first kappa shape index (κ1) is 13.3. The van der Waals surface area contributed by atoms with E-state index < -0.39 is 6.10 Å². The maximum atomic E-state index is 9.70. The Bertz CT molecular complexity index is 401. The molecule has 4 N–H and O–H groups in total. The van der Waals surface area contributed by atoms with Crippen molar-refractivity contribution in [2.45, 2.75) is 18.9 Å². The summed E-state index contributed by atoms with van der Waals surface area (Å²) in [6.45, 7) is 1.35. The second-order valence-electron chi connectivity index (χ2n) is 4.44. The minimum absolute atomic E-state index is 0.216. The van der Waals surface area contributed by atoms with Gasteiger partial charge in [-0.1, -0.05) is 11.6 Å². The summed E-state index contributed by atoms with van der Waals surface area (Å²) in [6, 6.07) is 0. The Balaban J connectivity index is 1.70. The molecule has 1 heterocycles. The van der Waals surface area contributed by atoms with E-state index >= 15 is 0 Å². The average molecular weight is 273 g/mol. The third-order valence-electron chi connectivity index (χ3n) is 2.68. The Labute approximate surface area is 111 Å². The van der Waals surface area contributed by atoms with Crippen LogP contribution in [0, 0.1) is 5.92 Å². The van der Waals surface area contributed by atoms with Crippen molar-refractivity contribution < 1.29 is 9.84 Å². The summed E-state index contributed by atoms with van der Waals surface area (Å²) in [6.07, 6.45) is 3.20.